The van der Waals surface area contributed by atoms with Gasteiger partial charge in [0.05, 0.1) is 28.7 Å². The lowest BCUT2D eigenvalue weighted by Crippen LogP contribution is -2.27. The number of halogens is 1. The van der Waals surface area contributed by atoms with Crippen molar-refractivity contribution in [2.24, 2.45) is 0 Å². The van der Waals surface area contributed by atoms with Crippen molar-refractivity contribution >= 4 is 23.2 Å². The summed E-state index contributed by atoms with van der Waals surface area (Å²) in [6.45, 7) is 1.81. The zero-order valence-electron chi connectivity index (χ0n) is 12.6. The normalized spacial score (nSPS) is 11.6. The third kappa shape index (κ3) is 3.98. The fraction of sp³-hybridized carbons (Fsp3) is 0.188. The Balaban J connectivity index is 2.17. The van der Waals surface area contributed by atoms with E-state index in [1.165, 1.54) is 18.2 Å². The number of ether oxygens (including phenoxy) is 1. The first-order chi connectivity index (χ1) is 10.9. The van der Waals surface area contributed by atoms with Crippen molar-refractivity contribution in [1.82, 2.24) is 5.32 Å². The number of amides is 1. The van der Waals surface area contributed by atoms with Gasteiger partial charge in [0.15, 0.2) is 0 Å². The molecule has 0 aromatic heterocycles. The lowest BCUT2D eigenvalue weighted by Gasteiger charge is -2.15. The van der Waals surface area contributed by atoms with Gasteiger partial charge in [-0.1, -0.05) is 23.7 Å². The number of methoxy groups -OCH3 is 1. The molecule has 0 aliphatic heterocycles. The average Bonchev–Trinajstić information content (AvgIpc) is 2.54. The van der Waals surface area contributed by atoms with Gasteiger partial charge in [-0.25, -0.2) is 0 Å². The Morgan fingerprint density at radius 1 is 1.26 bits per heavy atom. The molecule has 1 amide bonds. The van der Waals surface area contributed by atoms with Crippen LogP contribution in [0.5, 0.6) is 5.75 Å². The lowest BCUT2D eigenvalue weighted by molar-refractivity contribution is -0.384. The van der Waals surface area contributed by atoms with Gasteiger partial charge >= 0.3 is 0 Å². The van der Waals surface area contributed by atoms with Gasteiger partial charge in [-0.15, -0.1) is 0 Å². The Kier molecular flexibility index (Phi) is 5.18. The van der Waals surface area contributed by atoms with Crippen LogP contribution in [0.4, 0.5) is 5.69 Å². The van der Waals surface area contributed by atoms with Crippen LogP contribution in [0.2, 0.25) is 5.02 Å². The zero-order chi connectivity index (χ0) is 17.0. The summed E-state index contributed by atoms with van der Waals surface area (Å²) in [6.07, 6.45) is 0. The summed E-state index contributed by atoms with van der Waals surface area (Å²) >= 11 is 5.96. The first kappa shape index (κ1) is 16.8. The monoisotopic (exact) mass is 334 g/mol. The van der Waals surface area contributed by atoms with Gasteiger partial charge in [0.2, 0.25) is 0 Å². The second kappa shape index (κ2) is 7.11. The standard InChI is InChI=1S/C16H15ClN2O4/c1-10(11-3-6-13(23-2)7-4-11)18-16(20)14-9-12(19(21)22)5-8-15(14)17/h3-10H,1-2H3,(H,18,20). The molecular weight excluding hydrogens is 320 g/mol. The Bertz CT molecular complexity index is 731. The molecule has 1 N–H and O–H groups in total. The van der Waals surface area contributed by atoms with E-state index in [0.717, 1.165) is 5.56 Å². The molecule has 2 rings (SSSR count). The number of nitrogens with one attached hydrogen (secondary N) is 1. The van der Waals surface area contributed by atoms with E-state index in [9.17, 15) is 14.9 Å². The number of carbonyl (C=O) groups excluding carboxylic acids is 1. The molecule has 0 spiro atoms. The Labute approximate surface area is 138 Å². The summed E-state index contributed by atoms with van der Waals surface area (Å²) in [6, 6.07) is 10.7. The van der Waals surface area contributed by atoms with Gasteiger partial charge in [-0.3, -0.25) is 14.9 Å². The van der Waals surface area contributed by atoms with Gasteiger partial charge in [0, 0.05) is 12.1 Å². The van der Waals surface area contributed by atoms with Gasteiger partial charge in [0.1, 0.15) is 5.75 Å². The van der Waals surface area contributed by atoms with E-state index >= 15 is 0 Å². The van der Waals surface area contributed by atoms with E-state index in [1.807, 2.05) is 19.1 Å². The molecule has 0 aliphatic carbocycles. The summed E-state index contributed by atoms with van der Waals surface area (Å²) in [5.41, 5.74) is 0.763. The molecule has 0 heterocycles. The number of hydrogen-bond donors (Lipinski definition) is 1. The second-order valence-electron chi connectivity index (χ2n) is 4.89. The molecule has 1 unspecified atom stereocenters. The van der Waals surface area contributed by atoms with Gasteiger partial charge in [-0.05, 0) is 30.7 Å². The number of non-ortho nitro benzene ring substituents is 1. The van der Waals surface area contributed by atoms with Crippen LogP contribution >= 0.6 is 11.6 Å². The number of benzene rings is 2. The summed E-state index contributed by atoms with van der Waals surface area (Å²) in [4.78, 5) is 22.5. The van der Waals surface area contributed by atoms with Crippen LogP contribution < -0.4 is 10.1 Å². The molecule has 2 aromatic carbocycles. The fourth-order valence-corrected chi connectivity index (χ4v) is 2.25. The average molecular weight is 335 g/mol. The van der Waals surface area contributed by atoms with E-state index in [2.05, 4.69) is 5.32 Å². The van der Waals surface area contributed by atoms with Crippen LogP contribution in [0.1, 0.15) is 28.9 Å². The van der Waals surface area contributed by atoms with E-state index in [4.69, 9.17) is 16.3 Å². The smallest absolute Gasteiger partial charge is 0.270 e. The third-order valence-corrected chi connectivity index (χ3v) is 3.70. The summed E-state index contributed by atoms with van der Waals surface area (Å²) in [7, 11) is 1.57. The second-order valence-corrected chi connectivity index (χ2v) is 5.30. The molecule has 6 nitrogen and oxygen atoms in total. The maximum Gasteiger partial charge on any atom is 0.270 e. The van der Waals surface area contributed by atoms with Gasteiger partial charge in [-0.2, -0.15) is 0 Å². The highest BCUT2D eigenvalue weighted by Crippen LogP contribution is 2.23. The number of nitro groups is 1. The quantitative estimate of drug-likeness (QED) is 0.667. The number of nitro benzene ring substituents is 1. The maximum atomic E-state index is 12.3. The number of carbonyl (C=O) groups is 1. The zero-order valence-corrected chi connectivity index (χ0v) is 13.3. The summed E-state index contributed by atoms with van der Waals surface area (Å²) < 4.78 is 5.08. The van der Waals surface area contributed by atoms with Crippen LogP contribution in [-0.4, -0.2) is 17.9 Å². The molecule has 23 heavy (non-hydrogen) atoms. The highest BCUT2D eigenvalue weighted by Gasteiger charge is 2.18. The van der Waals surface area contributed by atoms with Crippen LogP contribution in [0.25, 0.3) is 0 Å². The summed E-state index contributed by atoms with van der Waals surface area (Å²) in [5.74, 6) is 0.246. The first-order valence-corrected chi connectivity index (χ1v) is 7.19. The topological polar surface area (TPSA) is 81.5 Å². The van der Waals surface area contributed by atoms with Crippen molar-refractivity contribution in [2.45, 2.75) is 13.0 Å². The fourth-order valence-electron chi connectivity index (χ4n) is 2.05. The van der Waals surface area contributed by atoms with E-state index < -0.39 is 10.8 Å². The number of nitrogens with zero attached hydrogens (tertiary/aromatic N) is 1. The van der Waals surface area contributed by atoms with Crippen LogP contribution in [0.15, 0.2) is 42.5 Å². The molecule has 0 bridgehead atoms. The SMILES string of the molecule is COc1ccc(C(C)NC(=O)c2cc([N+](=O)[O-])ccc2Cl)cc1. The summed E-state index contributed by atoms with van der Waals surface area (Å²) in [5, 5.41) is 13.7. The van der Waals surface area contributed by atoms with Crippen LogP contribution in [0, 0.1) is 10.1 Å². The van der Waals surface area contributed by atoms with Crippen molar-refractivity contribution in [3.8, 4) is 5.75 Å². The highest BCUT2D eigenvalue weighted by molar-refractivity contribution is 6.33. The van der Waals surface area contributed by atoms with E-state index in [-0.39, 0.29) is 22.3 Å². The predicted molar refractivity (Wildman–Crippen MR) is 87.0 cm³/mol. The van der Waals surface area contributed by atoms with Crippen LogP contribution in [0.3, 0.4) is 0 Å². The van der Waals surface area contributed by atoms with Crippen molar-refractivity contribution in [3.63, 3.8) is 0 Å². The predicted octanol–water partition coefficient (Wildman–Crippen LogP) is 3.75. The molecular formula is C16H15ClN2O4. The molecule has 120 valence electrons. The highest BCUT2D eigenvalue weighted by atomic mass is 35.5. The largest absolute Gasteiger partial charge is 0.497 e. The third-order valence-electron chi connectivity index (χ3n) is 3.37. The minimum Gasteiger partial charge on any atom is -0.497 e. The minimum atomic E-state index is -0.569. The molecule has 0 saturated heterocycles. The van der Waals surface area contributed by atoms with E-state index in [1.54, 1.807) is 19.2 Å². The van der Waals surface area contributed by atoms with Crippen molar-refractivity contribution < 1.29 is 14.5 Å². The Morgan fingerprint density at radius 3 is 2.48 bits per heavy atom. The molecule has 0 fully saturated rings. The van der Waals surface area contributed by atoms with Gasteiger partial charge < -0.3 is 10.1 Å². The van der Waals surface area contributed by atoms with E-state index in [0.29, 0.717) is 5.75 Å². The Morgan fingerprint density at radius 2 is 1.91 bits per heavy atom. The number of hydrogen-bond acceptors (Lipinski definition) is 4. The molecule has 0 saturated carbocycles. The van der Waals surface area contributed by atoms with Crippen molar-refractivity contribution in [1.29, 1.82) is 0 Å². The van der Waals surface area contributed by atoms with Crippen LogP contribution in [-0.2, 0) is 0 Å². The molecule has 2 aromatic rings. The van der Waals surface area contributed by atoms with Gasteiger partial charge in [0.25, 0.3) is 11.6 Å². The first-order valence-electron chi connectivity index (χ1n) is 6.81. The molecule has 7 heteroatoms. The number of rotatable bonds is 5. The maximum absolute atomic E-state index is 12.3. The molecule has 1 atom stereocenters. The molecule has 0 aliphatic rings. The Hall–Kier alpha value is -2.60. The minimum absolute atomic E-state index is 0.0706. The van der Waals surface area contributed by atoms with Crippen molar-refractivity contribution in [2.75, 3.05) is 7.11 Å². The molecule has 0 radical (unpaired) electrons. The lowest BCUT2D eigenvalue weighted by atomic mass is 10.1. The van der Waals surface area contributed by atoms with Crippen molar-refractivity contribution in [3.05, 3.63) is 68.7 Å².